The maximum absolute atomic E-state index is 14.0. The van der Waals surface area contributed by atoms with Crippen LogP contribution < -0.4 is 5.73 Å². The molecule has 3 atom stereocenters. The Morgan fingerprint density at radius 3 is 2.60 bits per heavy atom. The quantitative estimate of drug-likeness (QED) is 0.916. The lowest BCUT2D eigenvalue weighted by Crippen LogP contribution is -2.43. The van der Waals surface area contributed by atoms with Crippen molar-refractivity contribution in [3.63, 3.8) is 0 Å². The summed E-state index contributed by atoms with van der Waals surface area (Å²) in [6.07, 6.45) is 4.81. The zero-order valence-electron chi connectivity index (χ0n) is 12.3. The third-order valence-electron chi connectivity index (χ3n) is 4.63. The van der Waals surface area contributed by atoms with Gasteiger partial charge in [-0.15, -0.1) is 0 Å². The Kier molecular flexibility index (Phi) is 5.11. The third-order valence-corrected chi connectivity index (χ3v) is 4.63. The first kappa shape index (κ1) is 15.4. The van der Waals surface area contributed by atoms with Gasteiger partial charge in [0.15, 0.2) is 0 Å². The Morgan fingerprint density at radius 1 is 1.30 bits per heavy atom. The van der Waals surface area contributed by atoms with Crippen molar-refractivity contribution < 1.29 is 8.78 Å². The maximum atomic E-state index is 14.0. The molecule has 1 saturated carbocycles. The van der Waals surface area contributed by atoms with Crippen LogP contribution in [-0.4, -0.2) is 24.5 Å². The van der Waals surface area contributed by atoms with E-state index in [-0.39, 0.29) is 6.04 Å². The summed E-state index contributed by atoms with van der Waals surface area (Å²) in [6, 6.07) is 3.99. The molecule has 0 saturated heterocycles. The van der Waals surface area contributed by atoms with Crippen molar-refractivity contribution in [2.45, 2.75) is 44.7 Å². The lowest BCUT2D eigenvalue weighted by Gasteiger charge is -2.40. The summed E-state index contributed by atoms with van der Waals surface area (Å²) in [7, 11) is 2.01. The van der Waals surface area contributed by atoms with Crippen LogP contribution >= 0.6 is 0 Å². The van der Waals surface area contributed by atoms with Crippen LogP contribution in [0.3, 0.4) is 0 Å². The number of nitrogens with two attached hydrogens (primary N) is 1. The van der Waals surface area contributed by atoms with Crippen molar-refractivity contribution in [3.05, 3.63) is 35.4 Å². The second-order valence-electron chi connectivity index (χ2n) is 5.91. The number of likely N-dealkylation sites (N-methyl/N-ethyl adjacent to an activating group) is 1. The molecule has 0 spiro atoms. The summed E-state index contributed by atoms with van der Waals surface area (Å²) < 4.78 is 27.0. The lowest BCUT2D eigenvalue weighted by atomic mass is 9.84. The molecule has 1 aliphatic carbocycles. The molecule has 1 aromatic carbocycles. The van der Waals surface area contributed by atoms with Gasteiger partial charge in [-0.05, 0) is 31.9 Å². The summed E-state index contributed by atoms with van der Waals surface area (Å²) >= 11 is 0. The van der Waals surface area contributed by atoms with Crippen LogP contribution in [-0.2, 0) is 0 Å². The second-order valence-corrected chi connectivity index (χ2v) is 5.91. The predicted octanol–water partition coefficient (Wildman–Crippen LogP) is 3.48. The van der Waals surface area contributed by atoms with E-state index in [2.05, 4.69) is 11.8 Å². The van der Waals surface area contributed by atoms with E-state index in [9.17, 15) is 8.78 Å². The van der Waals surface area contributed by atoms with Crippen LogP contribution in [0.4, 0.5) is 8.78 Å². The minimum Gasteiger partial charge on any atom is -0.329 e. The van der Waals surface area contributed by atoms with Crippen molar-refractivity contribution in [1.82, 2.24) is 4.90 Å². The molecule has 3 unspecified atom stereocenters. The molecule has 0 heterocycles. The molecule has 2 N–H and O–H groups in total. The fourth-order valence-corrected chi connectivity index (χ4v) is 3.42. The van der Waals surface area contributed by atoms with E-state index in [1.165, 1.54) is 31.4 Å². The Labute approximate surface area is 120 Å². The van der Waals surface area contributed by atoms with Gasteiger partial charge in [-0.2, -0.15) is 0 Å². The van der Waals surface area contributed by atoms with E-state index < -0.39 is 11.6 Å². The number of nitrogens with zero attached hydrogens (tertiary/aromatic N) is 1. The van der Waals surface area contributed by atoms with Crippen LogP contribution in [0.15, 0.2) is 18.2 Å². The third kappa shape index (κ3) is 3.18. The normalized spacial score (nSPS) is 24.9. The summed E-state index contributed by atoms with van der Waals surface area (Å²) in [5.41, 5.74) is 6.36. The number of hydrogen-bond acceptors (Lipinski definition) is 2. The first-order chi connectivity index (χ1) is 9.54. The van der Waals surface area contributed by atoms with Crippen molar-refractivity contribution in [1.29, 1.82) is 0 Å². The Balaban J connectivity index is 2.22. The first-order valence-corrected chi connectivity index (χ1v) is 7.41. The molecule has 20 heavy (non-hydrogen) atoms. The Morgan fingerprint density at radius 2 is 2.00 bits per heavy atom. The van der Waals surface area contributed by atoms with Gasteiger partial charge in [-0.1, -0.05) is 25.8 Å². The monoisotopic (exact) mass is 282 g/mol. The standard InChI is InChI=1S/C16H24F2N2/c1-11-5-3-4-6-15(11)20(2)16(10-19)13-8-7-12(17)9-14(13)18/h7-9,11,15-16H,3-6,10,19H2,1-2H3. The molecule has 0 aromatic heterocycles. The van der Waals surface area contributed by atoms with E-state index in [4.69, 9.17) is 5.73 Å². The van der Waals surface area contributed by atoms with Crippen molar-refractivity contribution >= 4 is 0 Å². The summed E-state index contributed by atoms with van der Waals surface area (Å²) in [5, 5.41) is 0. The van der Waals surface area contributed by atoms with E-state index in [0.29, 0.717) is 24.1 Å². The highest BCUT2D eigenvalue weighted by Crippen LogP contribution is 2.33. The molecule has 0 bridgehead atoms. The molecule has 4 heteroatoms. The van der Waals surface area contributed by atoms with Gasteiger partial charge in [0.2, 0.25) is 0 Å². The smallest absolute Gasteiger partial charge is 0.130 e. The SMILES string of the molecule is CC1CCCCC1N(C)C(CN)c1ccc(F)cc1F. The maximum Gasteiger partial charge on any atom is 0.130 e. The predicted molar refractivity (Wildman–Crippen MR) is 77.3 cm³/mol. The van der Waals surface area contributed by atoms with Crippen molar-refractivity contribution in [3.8, 4) is 0 Å². The van der Waals surface area contributed by atoms with Crippen molar-refractivity contribution in [2.75, 3.05) is 13.6 Å². The summed E-state index contributed by atoms with van der Waals surface area (Å²) in [5.74, 6) is -0.460. The molecule has 0 radical (unpaired) electrons. The minimum atomic E-state index is -0.546. The van der Waals surface area contributed by atoms with E-state index in [1.54, 1.807) is 0 Å². The Hall–Kier alpha value is -1.00. The molecule has 2 nitrogen and oxygen atoms in total. The molecule has 112 valence electrons. The van der Waals surface area contributed by atoms with Gasteiger partial charge in [0.1, 0.15) is 11.6 Å². The van der Waals surface area contributed by atoms with Crippen LogP contribution in [0.1, 0.15) is 44.2 Å². The molecular weight excluding hydrogens is 258 g/mol. The lowest BCUT2D eigenvalue weighted by molar-refractivity contribution is 0.0975. The van der Waals surface area contributed by atoms with E-state index >= 15 is 0 Å². The fraction of sp³-hybridized carbons (Fsp3) is 0.625. The van der Waals surface area contributed by atoms with Gasteiger partial charge in [-0.25, -0.2) is 8.78 Å². The highest BCUT2D eigenvalue weighted by atomic mass is 19.1. The van der Waals surface area contributed by atoms with Crippen LogP contribution in [0, 0.1) is 17.6 Å². The number of halogens is 2. The van der Waals surface area contributed by atoms with Crippen LogP contribution in [0.5, 0.6) is 0 Å². The molecule has 1 aromatic rings. The van der Waals surface area contributed by atoms with Crippen LogP contribution in [0.2, 0.25) is 0 Å². The number of hydrogen-bond donors (Lipinski definition) is 1. The zero-order chi connectivity index (χ0) is 14.7. The van der Waals surface area contributed by atoms with Crippen LogP contribution in [0.25, 0.3) is 0 Å². The minimum absolute atomic E-state index is 0.193. The van der Waals surface area contributed by atoms with Gasteiger partial charge in [-0.3, -0.25) is 4.90 Å². The molecule has 1 aliphatic rings. The molecular formula is C16H24F2N2. The van der Waals surface area contributed by atoms with Crippen molar-refractivity contribution in [2.24, 2.45) is 11.7 Å². The molecule has 0 aliphatic heterocycles. The van der Waals surface area contributed by atoms with Gasteiger partial charge >= 0.3 is 0 Å². The van der Waals surface area contributed by atoms with Gasteiger partial charge < -0.3 is 5.73 Å². The summed E-state index contributed by atoms with van der Waals surface area (Å²) in [6.45, 7) is 2.58. The van der Waals surface area contributed by atoms with Gasteiger partial charge in [0, 0.05) is 30.3 Å². The highest BCUT2D eigenvalue weighted by molar-refractivity contribution is 5.23. The second kappa shape index (κ2) is 6.64. The molecule has 1 fully saturated rings. The van der Waals surface area contributed by atoms with Gasteiger partial charge in [0.25, 0.3) is 0 Å². The number of benzene rings is 1. The fourth-order valence-electron chi connectivity index (χ4n) is 3.42. The first-order valence-electron chi connectivity index (χ1n) is 7.41. The number of rotatable bonds is 4. The topological polar surface area (TPSA) is 29.3 Å². The summed E-state index contributed by atoms with van der Waals surface area (Å²) in [4.78, 5) is 2.18. The van der Waals surface area contributed by atoms with Gasteiger partial charge in [0.05, 0.1) is 0 Å². The van der Waals surface area contributed by atoms with E-state index in [0.717, 1.165) is 12.5 Å². The largest absolute Gasteiger partial charge is 0.329 e. The zero-order valence-corrected chi connectivity index (χ0v) is 12.3. The average molecular weight is 282 g/mol. The molecule has 2 rings (SSSR count). The van der Waals surface area contributed by atoms with E-state index in [1.807, 2.05) is 7.05 Å². The average Bonchev–Trinajstić information content (AvgIpc) is 2.42. The molecule has 0 amide bonds. The Bertz CT molecular complexity index is 450. The highest BCUT2D eigenvalue weighted by Gasteiger charge is 2.30.